The first-order valence-corrected chi connectivity index (χ1v) is 15.7. The fourth-order valence-electron chi connectivity index (χ4n) is 3.51. The summed E-state index contributed by atoms with van der Waals surface area (Å²) in [5.74, 6) is 1.41. The average molecular weight is 643 g/mol. The number of hydrogen-bond donors (Lipinski definition) is 2. The molecule has 0 amide bonds. The number of ether oxygens (including phenoxy) is 2. The highest BCUT2D eigenvalue weighted by molar-refractivity contribution is 8.01. The van der Waals surface area contributed by atoms with Crippen molar-refractivity contribution in [3.63, 3.8) is 0 Å². The molecular weight excluding hydrogens is 617 g/mol. The van der Waals surface area contributed by atoms with E-state index in [2.05, 4.69) is 29.8 Å². The summed E-state index contributed by atoms with van der Waals surface area (Å²) < 4.78 is 50.0. The molecule has 0 atom stereocenters. The van der Waals surface area contributed by atoms with Crippen molar-refractivity contribution in [3.05, 3.63) is 84.9 Å². The molecule has 0 bridgehead atoms. The van der Waals surface area contributed by atoms with Gasteiger partial charge in [-0.15, -0.1) is 4.33 Å². The molecule has 0 spiro atoms. The lowest BCUT2D eigenvalue weighted by molar-refractivity contribution is -0.432. The normalized spacial score (nSPS) is 11.8. The first-order chi connectivity index (χ1) is 20.8. The average Bonchev–Trinajstić information content (AvgIpc) is 3.00. The predicted octanol–water partition coefficient (Wildman–Crippen LogP) is 9.14. The third kappa shape index (κ3) is 9.59. The van der Waals surface area contributed by atoms with Crippen LogP contribution in [0, 0.1) is 0 Å². The maximum Gasteiger partial charge on any atom is 0.295 e. The van der Waals surface area contributed by atoms with Crippen LogP contribution < -0.4 is 9.47 Å². The van der Waals surface area contributed by atoms with Crippen LogP contribution in [0.1, 0.15) is 13.8 Å². The summed E-state index contributed by atoms with van der Waals surface area (Å²) in [6, 6.07) is 23.2. The Morgan fingerprint density at radius 1 is 0.651 bits per heavy atom. The second-order valence-corrected chi connectivity index (χ2v) is 11.5. The summed E-state index contributed by atoms with van der Waals surface area (Å²) >= 11 is 1.70. The lowest BCUT2D eigenvalue weighted by Crippen LogP contribution is -2.00. The zero-order valence-electron chi connectivity index (χ0n) is 22.9. The molecule has 0 saturated heterocycles. The molecule has 2 N–H and O–H groups in total. The fourth-order valence-corrected chi connectivity index (χ4v) is 6.02. The second-order valence-electron chi connectivity index (χ2n) is 8.32. The van der Waals surface area contributed by atoms with E-state index < -0.39 is 10.1 Å². The highest BCUT2D eigenvalue weighted by atomic mass is 32.2. The minimum absolute atomic E-state index is 0.207. The maximum absolute atomic E-state index is 12.3. The van der Waals surface area contributed by atoms with Gasteiger partial charge in [-0.1, -0.05) is 16.8 Å². The van der Waals surface area contributed by atoms with Crippen molar-refractivity contribution in [2.24, 2.45) is 20.5 Å². The van der Waals surface area contributed by atoms with Crippen LogP contribution in [0.4, 0.5) is 22.7 Å². The fraction of sp³-hybridized carbons (Fsp3) is 0.143. The Hall–Kier alpha value is -3.83. The topological polar surface area (TPSA) is 161 Å². The highest BCUT2D eigenvalue weighted by Gasteiger charge is 2.19. The zero-order valence-corrected chi connectivity index (χ0v) is 25.3. The third-order valence-corrected chi connectivity index (χ3v) is 8.31. The first-order valence-electron chi connectivity index (χ1n) is 12.7. The van der Waals surface area contributed by atoms with Gasteiger partial charge < -0.3 is 9.47 Å². The molecular formula is C28H26N4O8S3. The van der Waals surface area contributed by atoms with Gasteiger partial charge in [0.05, 0.1) is 52.9 Å². The van der Waals surface area contributed by atoms with Crippen molar-refractivity contribution in [1.29, 1.82) is 0 Å². The van der Waals surface area contributed by atoms with Crippen LogP contribution >= 0.6 is 23.8 Å². The van der Waals surface area contributed by atoms with Crippen LogP contribution in [-0.4, -0.2) is 31.4 Å². The van der Waals surface area contributed by atoms with Crippen LogP contribution in [0.25, 0.3) is 0 Å². The Labute approximate surface area is 256 Å². The molecule has 0 saturated carbocycles. The maximum atomic E-state index is 12.3. The minimum atomic E-state index is -4.64. The summed E-state index contributed by atoms with van der Waals surface area (Å²) in [7, 11) is -4.64. The van der Waals surface area contributed by atoms with E-state index in [1.54, 1.807) is 72.8 Å². The van der Waals surface area contributed by atoms with Crippen LogP contribution in [0.15, 0.2) is 125 Å². The largest absolute Gasteiger partial charge is 0.494 e. The number of benzene rings is 4. The van der Waals surface area contributed by atoms with E-state index in [1.165, 1.54) is 12.1 Å². The molecule has 224 valence electrons. The van der Waals surface area contributed by atoms with E-state index >= 15 is 0 Å². The molecule has 0 fully saturated rings. The van der Waals surface area contributed by atoms with E-state index in [0.29, 0.717) is 57.9 Å². The monoisotopic (exact) mass is 642 g/mol. The molecule has 43 heavy (non-hydrogen) atoms. The van der Waals surface area contributed by atoms with Crippen LogP contribution in [-0.2, 0) is 19.5 Å². The molecule has 0 aliphatic carbocycles. The van der Waals surface area contributed by atoms with E-state index in [1.807, 2.05) is 13.8 Å². The summed E-state index contributed by atoms with van der Waals surface area (Å²) in [6.07, 6.45) is 0. The summed E-state index contributed by atoms with van der Waals surface area (Å²) in [4.78, 5) is 0.770. The van der Waals surface area contributed by atoms with Crippen molar-refractivity contribution < 1.29 is 37.1 Å². The van der Waals surface area contributed by atoms with Gasteiger partial charge in [0, 0.05) is 9.79 Å². The third-order valence-electron chi connectivity index (χ3n) is 5.36. The molecule has 0 aliphatic rings. The second kappa shape index (κ2) is 15.6. The molecule has 4 rings (SSSR count). The molecule has 0 unspecified atom stereocenters. The van der Waals surface area contributed by atoms with E-state index in [-0.39, 0.29) is 15.5 Å². The van der Waals surface area contributed by atoms with E-state index in [0.717, 1.165) is 17.5 Å². The predicted molar refractivity (Wildman–Crippen MR) is 161 cm³/mol. The molecule has 0 heterocycles. The van der Waals surface area contributed by atoms with Crippen molar-refractivity contribution in [2.75, 3.05) is 13.2 Å². The van der Waals surface area contributed by atoms with Gasteiger partial charge in [-0.25, -0.2) is 5.26 Å². The van der Waals surface area contributed by atoms with E-state index in [4.69, 9.17) is 14.7 Å². The number of rotatable bonds is 14. The molecule has 0 aliphatic heterocycles. The van der Waals surface area contributed by atoms with Crippen LogP contribution in [0.5, 0.6) is 11.5 Å². The standard InChI is InChI=1S/C28H26N4O8S3/c1-3-37-23-11-5-19(6-12-23)29-31-21-9-15-25(27(17-21)42-40-39-33)41-26-16-10-22(18-28(26)43(34,35)36)32-30-20-7-13-24(14-8-20)38-4-2/h5-18,33H,3-4H2,1-2H3,(H,34,35,36)/b31-29+,32-30+. The van der Waals surface area contributed by atoms with Gasteiger partial charge in [0.1, 0.15) is 16.4 Å². The van der Waals surface area contributed by atoms with Gasteiger partial charge in [-0.05, 0) is 98.8 Å². The Balaban J connectivity index is 1.57. The quantitative estimate of drug-likeness (QED) is 0.0446. The van der Waals surface area contributed by atoms with Crippen LogP contribution in [0.3, 0.4) is 0 Å². The Morgan fingerprint density at radius 3 is 1.60 bits per heavy atom. The SMILES string of the molecule is CCOc1ccc(/N=N/c2ccc(Sc3ccc(/N=N/c4ccc(OCC)cc4)cc3S(=O)(=O)O)c(SOOO)c2)cc1. The molecule has 15 heteroatoms. The highest BCUT2D eigenvalue weighted by Crippen LogP contribution is 2.41. The van der Waals surface area contributed by atoms with Crippen molar-refractivity contribution in [3.8, 4) is 11.5 Å². The summed E-state index contributed by atoms with van der Waals surface area (Å²) in [5.41, 5.74) is 1.79. The van der Waals surface area contributed by atoms with Gasteiger partial charge in [0.2, 0.25) is 0 Å². The number of hydrogen-bond acceptors (Lipinski definition) is 13. The summed E-state index contributed by atoms with van der Waals surface area (Å²) in [6.45, 7) is 4.86. The molecule has 12 nitrogen and oxygen atoms in total. The Kier molecular flexibility index (Phi) is 11.6. The van der Waals surface area contributed by atoms with Crippen molar-refractivity contribution >= 4 is 56.7 Å². The molecule has 0 aromatic heterocycles. The summed E-state index contributed by atoms with van der Waals surface area (Å²) in [5, 5.41) is 29.1. The van der Waals surface area contributed by atoms with Gasteiger partial charge in [-0.2, -0.15) is 28.9 Å². The van der Waals surface area contributed by atoms with Crippen LogP contribution in [0.2, 0.25) is 0 Å². The molecule has 4 aromatic carbocycles. The van der Waals surface area contributed by atoms with Crippen molar-refractivity contribution in [2.45, 2.75) is 33.4 Å². The van der Waals surface area contributed by atoms with Crippen molar-refractivity contribution in [1.82, 2.24) is 0 Å². The van der Waals surface area contributed by atoms with Gasteiger partial charge in [0.25, 0.3) is 10.1 Å². The Morgan fingerprint density at radius 2 is 1.12 bits per heavy atom. The lowest BCUT2D eigenvalue weighted by atomic mass is 10.3. The number of azo groups is 2. The first kappa shape index (κ1) is 32.1. The van der Waals surface area contributed by atoms with E-state index in [9.17, 15) is 13.0 Å². The Bertz CT molecular complexity index is 1680. The number of nitrogens with zero attached hydrogens (tertiary/aromatic N) is 4. The smallest absolute Gasteiger partial charge is 0.295 e. The lowest BCUT2D eigenvalue weighted by Gasteiger charge is -2.11. The van der Waals surface area contributed by atoms with Gasteiger partial charge >= 0.3 is 0 Å². The molecule has 4 aromatic rings. The minimum Gasteiger partial charge on any atom is -0.494 e. The molecule has 0 radical (unpaired) electrons. The zero-order chi connectivity index (χ0) is 30.7. The van der Waals surface area contributed by atoms with Gasteiger partial charge in [-0.3, -0.25) is 4.55 Å². The van der Waals surface area contributed by atoms with Gasteiger partial charge in [0.15, 0.2) is 0 Å².